The fourth-order valence-corrected chi connectivity index (χ4v) is 4.82. The number of hydrogen-bond acceptors (Lipinski definition) is 4. The van der Waals surface area contributed by atoms with Crippen molar-refractivity contribution < 1.29 is 4.74 Å². The van der Waals surface area contributed by atoms with Crippen molar-refractivity contribution in [3.63, 3.8) is 0 Å². The standard InChI is InChI=1S/C26H25N5O2/c1-28-11-9-23-22(16-28)21-7-6-19(13-24(21)29(23)2)31-12-8-20(14-26(31)32)33-17-18-15-30-10-4-3-5-25(30)27-18/h3-8,10,12-15H,9,11,16-17H2,1-2H3. The second-order valence-corrected chi connectivity index (χ2v) is 8.73. The number of nitrogens with zero attached hydrogens (tertiary/aromatic N) is 5. The summed E-state index contributed by atoms with van der Waals surface area (Å²) in [6.45, 7) is 2.34. The molecule has 0 unspecified atom stereocenters. The number of aromatic nitrogens is 4. The third kappa shape index (κ3) is 3.41. The van der Waals surface area contributed by atoms with Crippen LogP contribution in [0, 0.1) is 0 Å². The van der Waals surface area contributed by atoms with Gasteiger partial charge in [-0.25, -0.2) is 4.98 Å². The van der Waals surface area contributed by atoms with E-state index in [1.54, 1.807) is 10.8 Å². The van der Waals surface area contributed by atoms with Crippen LogP contribution in [0.4, 0.5) is 0 Å². The molecular weight excluding hydrogens is 414 g/mol. The van der Waals surface area contributed by atoms with Gasteiger partial charge >= 0.3 is 0 Å². The molecular formula is C26H25N5O2. The van der Waals surface area contributed by atoms with Gasteiger partial charge in [0, 0.05) is 62.3 Å². The van der Waals surface area contributed by atoms with E-state index in [2.05, 4.69) is 40.7 Å². The molecule has 7 nitrogen and oxygen atoms in total. The second kappa shape index (κ2) is 7.64. The molecule has 0 radical (unpaired) electrons. The number of aryl methyl sites for hydroxylation is 1. The van der Waals surface area contributed by atoms with Crippen LogP contribution in [0.15, 0.2) is 71.9 Å². The Hall–Kier alpha value is -3.84. The highest BCUT2D eigenvalue weighted by molar-refractivity contribution is 5.87. The summed E-state index contributed by atoms with van der Waals surface area (Å²) < 4.78 is 11.7. The SMILES string of the molecule is CN1CCc2c(c3ccc(-n4ccc(OCc5cn6ccccc6n5)cc4=O)cc3n2C)C1. The summed E-state index contributed by atoms with van der Waals surface area (Å²) in [5, 5.41) is 1.27. The summed E-state index contributed by atoms with van der Waals surface area (Å²) in [6, 6.07) is 15.5. The number of likely N-dealkylation sites (N-methyl/N-ethyl adjacent to an activating group) is 1. The van der Waals surface area contributed by atoms with E-state index in [-0.39, 0.29) is 5.56 Å². The molecule has 0 saturated heterocycles. The van der Waals surface area contributed by atoms with Crippen LogP contribution in [0.25, 0.3) is 22.2 Å². The molecule has 33 heavy (non-hydrogen) atoms. The van der Waals surface area contributed by atoms with E-state index in [0.29, 0.717) is 12.4 Å². The zero-order valence-corrected chi connectivity index (χ0v) is 18.7. The average molecular weight is 440 g/mol. The zero-order chi connectivity index (χ0) is 22.5. The van der Waals surface area contributed by atoms with Gasteiger partial charge in [-0.15, -0.1) is 0 Å². The molecule has 0 N–H and O–H groups in total. The number of benzene rings is 1. The van der Waals surface area contributed by atoms with E-state index in [9.17, 15) is 4.79 Å². The Morgan fingerprint density at radius 3 is 2.82 bits per heavy atom. The summed E-state index contributed by atoms with van der Waals surface area (Å²) in [4.78, 5) is 19.8. The van der Waals surface area contributed by atoms with Gasteiger partial charge in [-0.1, -0.05) is 12.1 Å². The normalized spacial score (nSPS) is 14.1. The number of fused-ring (bicyclic) bond motifs is 4. The Balaban J connectivity index is 1.27. The molecule has 7 heteroatoms. The van der Waals surface area contributed by atoms with Crippen LogP contribution in [-0.4, -0.2) is 37.0 Å². The Labute approximate surface area is 191 Å². The van der Waals surface area contributed by atoms with Gasteiger partial charge < -0.3 is 18.6 Å². The lowest BCUT2D eigenvalue weighted by molar-refractivity contribution is 0.301. The third-order valence-electron chi connectivity index (χ3n) is 6.55. The maximum absolute atomic E-state index is 12.9. The fourth-order valence-electron chi connectivity index (χ4n) is 4.82. The smallest absolute Gasteiger partial charge is 0.258 e. The van der Waals surface area contributed by atoms with Crippen molar-refractivity contribution in [1.29, 1.82) is 0 Å². The quantitative estimate of drug-likeness (QED) is 0.430. The minimum atomic E-state index is -0.124. The van der Waals surface area contributed by atoms with E-state index < -0.39 is 0 Å². The number of pyridine rings is 2. The van der Waals surface area contributed by atoms with Gasteiger partial charge in [0.05, 0.1) is 16.9 Å². The van der Waals surface area contributed by atoms with Gasteiger partial charge in [0.1, 0.15) is 18.0 Å². The van der Waals surface area contributed by atoms with Crippen molar-refractivity contribution in [2.45, 2.75) is 19.6 Å². The number of imidazole rings is 1. The van der Waals surface area contributed by atoms with Gasteiger partial charge in [-0.05, 0) is 42.9 Å². The molecule has 1 aliphatic heterocycles. The molecule has 5 heterocycles. The lowest BCUT2D eigenvalue weighted by atomic mass is 10.0. The molecule has 0 spiro atoms. The molecule has 0 saturated carbocycles. The monoisotopic (exact) mass is 439 g/mol. The summed E-state index contributed by atoms with van der Waals surface area (Å²) in [5.41, 5.74) is 6.36. The fraction of sp³-hybridized carbons (Fsp3) is 0.231. The van der Waals surface area contributed by atoms with Gasteiger partial charge in [0.25, 0.3) is 5.56 Å². The molecule has 0 fully saturated rings. The zero-order valence-electron chi connectivity index (χ0n) is 18.7. The Kier molecular flexibility index (Phi) is 4.58. The minimum Gasteiger partial charge on any atom is -0.487 e. The number of rotatable bonds is 4. The first-order valence-corrected chi connectivity index (χ1v) is 11.1. The molecule has 0 amide bonds. The minimum absolute atomic E-state index is 0.124. The van der Waals surface area contributed by atoms with Crippen molar-refractivity contribution in [1.82, 2.24) is 23.4 Å². The van der Waals surface area contributed by atoms with E-state index in [0.717, 1.165) is 42.1 Å². The van der Waals surface area contributed by atoms with Crippen LogP contribution >= 0.6 is 0 Å². The van der Waals surface area contributed by atoms with E-state index >= 15 is 0 Å². The van der Waals surface area contributed by atoms with Crippen LogP contribution in [0.3, 0.4) is 0 Å². The first-order valence-electron chi connectivity index (χ1n) is 11.1. The Morgan fingerprint density at radius 2 is 1.97 bits per heavy atom. The molecule has 4 aromatic heterocycles. The lowest BCUT2D eigenvalue weighted by Crippen LogP contribution is -2.26. The van der Waals surface area contributed by atoms with Crippen LogP contribution in [0.2, 0.25) is 0 Å². The molecule has 1 aliphatic rings. The lowest BCUT2D eigenvalue weighted by Gasteiger charge is -2.23. The molecule has 0 bridgehead atoms. The van der Waals surface area contributed by atoms with Gasteiger partial charge in [-0.3, -0.25) is 9.36 Å². The number of hydrogen-bond donors (Lipinski definition) is 0. The van der Waals surface area contributed by atoms with E-state index in [4.69, 9.17) is 4.74 Å². The predicted octanol–water partition coefficient (Wildman–Crippen LogP) is 3.54. The Bertz CT molecular complexity index is 1530. The van der Waals surface area contributed by atoms with Crippen molar-refractivity contribution in [2.75, 3.05) is 13.6 Å². The van der Waals surface area contributed by atoms with Crippen molar-refractivity contribution in [3.8, 4) is 11.4 Å². The van der Waals surface area contributed by atoms with Crippen molar-refractivity contribution in [3.05, 3.63) is 94.4 Å². The third-order valence-corrected chi connectivity index (χ3v) is 6.55. The number of ether oxygens (including phenoxy) is 1. The van der Waals surface area contributed by atoms with Gasteiger partial charge in [-0.2, -0.15) is 0 Å². The summed E-state index contributed by atoms with van der Waals surface area (Å²) in [5.74, 6) is 0.534. The molecule has 0 atom stereocenters. The summed E-state index contributed by atoms with van der Waals surface area (Å²) in [6.07, 6.45) is 6.71. The van der Waals surface area contributed by atoms with Crippen LogP contribution in [0.5, 0.6) is 5.75 Å². The van der Waals surface area contributed by atoms with Crippen LogP contribution in [0.1, 0.15) is 17.0 Å². The topological polar surface area (TPSA) is 56.7 Å². The van der Waals surface area contributed by atoms with E-state index in [1.807, 2.05) is 47.1 Å². The van der Waals surface area contributed by atoms with Crippen molar-refractivity contribution >= 4 is 16.6 Å². The average Bonchev–Trinajstić information content (AvgIpc) is 3.36. The van der Waals surface area contributed by atoms with Crippen LogP contribution < -0.4 is 10.3 Å². The second-order valence-electron chi connectivity index (χ2n) is 8.73. The largest absolute Gasteiger partial charge is 0.487 e. The molecule has 166 valence electrons. The summed E-state index contributed by atoms with van der Waals surface area (Å²) >= 11 is 0. The predicted molar refractivity (Wildman–Crippen MR) is 128 cm³/mol. The van der Waals surface area contributed by atoms with Crippen LogP contribution in [-0.2, 0) is 26.6 Å². The molecule has 6 rings (SSSR count). The van der Waals surface area contributed by atoms with Gasteiger partial charge in [0.15, 0.2) is 0 Å². The highest BCUT2D eigenvalue weighted by atomic mass is 16.5. The highest BCUT2D eigenvalue weighted by Crippen LogP contribution is 2.31. The summed E-state index contributed by atoms with van der Waals surface area (Å²) in [7, 11) is 4.28. The van der Waals surface area contributed by atoms with Gasteiger partial charge in [0.2, 0.25) is 0 Å². The maximum atomic E-state index is 12.9. The molecule has 5 aromatic rings. The van der Waals surface area contributed by atoms with E-state index in [1.165, 1.54) is 22.7 Å². The first kappa shape index (κ1) is 19.8. The van der Waals surface area contributed by atoms with Crippen molar-refractivity contribution in [2.24, 2.45) is 7.05 Å². The Morgan fingerprint density at radius 1 is 1.06 bits per heavy atom. The highest BCUT2D eigenvalue weighted by Gasteiger charge is 2.21. The first-order chi connectivity index (χ1) is 16.1. The maximum Gasteiger partial charge on any atom is 0.258 e. The molecule has 0 aliphatic carbocycles. The molecule has 1 aromatic carbocycles.